The number of carbonyl (C=O) groups excluding carboxylic acids is 1. The van der Waals surface area contributed by atoms with E-state index in [9.17, 15) is 30.3 Å². The van der Waals surface area contributed by atoms with Crippen LogP contribution < -0.4 is 0 Å². The Bertz CT molecular complexity index is 816. The summed E-state index contributed by atoms with van der Waals surface area (Å²) in [5, 5.41) is 53.9. The van der Waals surface area contributed by atoms with E-state index in [0.717, 1.165) is 24.8 Å². The number of aliphatic hydroxyl groups is 5. The largest absolute Gasteiger partial charge is 0.393 e. The zero-order valence-corrected chi connectivity index (χ0v) is 20.9. The number of allylic oxidation sites excluding steroid dienone is 1. The first kappa shape index (κ1) is 25.3. The Morgan fingerprint density at radius 1 is 1.12 bits per heavy atom. The molecule has 0 aromatic rings. The van der Waals surface area contributed by atoms with Crippen LogP contribution in [0, 0.1) is 34.5 Å². The minimum Gasteiger partial charge on any atom is -0.393 e. The summed E-state index contributed by atoms with van der Waals surface area (Å²) in [6, 6.07) is 0. The van der Waals surface area contributed by atoms with E-state index in [1.54, 1.807) is 19.9 Å². The molecule has 33 heavy (non-hydrogen) atoms. The molecule has 0 aliphatic heterocycles. The molecule has 4 rings (SSSR count). The van der Waals surface area contributed by atoms with Crippen molar-refractivity contribution in [1.82, 2.24) is 0 Å². The van der Waals surface area contributed by atoms with Crippen LogP contribution in [0.25, 0.3) is 0 Å². The van der Waals surface area contributed by atoms with Gasteiger partial charge in [0.25, 0.3) is 0 Å². The smallest absolute Gasteiger partial charge is 0.159 e. The Kier molecular flexibility index (Phi) is 6.23. The third kappa shape index (κ3) is 3.85. The molecule has 3 saturated carbocycles. The van der Waals surface area contributed by atoms with Gasteiger partial charge < -0.3 is 25.5 Å². The molecule has 0 aromatic carbocycles. The minimum absolute atomic E-state index is 0.00888. The second-order valence-corrected chi connectivity index (χ2v) is 12.9. The molecule has 6 nitrogen and oxygen atoms in total. The lowest BCUT2D eigenvalue weighted by molar-refractivity contribution is -0.154. The van der Waals surface area contributed by atoms with Gasteiger partial charge in [-0.25, -0.2) is 0 Å². The monoisotopic (exact) mass is 464 g/mol. The lowest BCUT2D eigenvalue weighted by atomic mass is 9.46. The van der Waals surface area contributed by atoms with Crippen LogP contribution in [0.1, 0.15) is 86.0 Å². The predicted octanol–water partition coefficient (Wildman–Crippen LogP) is 2.74. The van der Waals surface area contributed by atoms with Crippen LogP contribution in [0.5, 0.6) is 0 Å². The van der Waals surface area contributed by atoms with E-state index in [0.29, 0.717) is 25.7 Å². The first-order valence-electron chi connectivity index (χ1n) is 12.9. The van der Waals surface area contributed by atoms with Crippen LogP contribution in [0.4, 0.5) is 0 Å². The predicted molar refractivity (Wildman–Crippen MR) is 125 cm³/mol. The average molecular weight is 465 g/mol. The Morgan fingerprint density at radius 2 is 1.79 bits per heavy atom. The summed E-state index contributed by atoms with van der Waals surface area (Å²) in [6.07, 6.45) is 4.06. The van der Waals surface area contributed by atoms with Gasteiger partial charge in [-0.3, -0.25) is 4.79 Å². The lowest BCUT2D eigenvalue weighted by Gasteiger charge is -2.60. The highest BCUT2D eigenvalue weighted by Crippen LogP contribution is 2.68. The Balaban J connectivity index is 1.62. The minimum atomic E-state index is -1.10. The molecule has 0 aromatic heterocycles. The number of carbonyl (C=O) groups is 1. The second kappa shape index (κ2) is 8.12. The van der Waals surface area contributed by atoms with E-state index in [4.69, 9.17) is 0 Å². The molecule has 0 heterocycles. The van der Waals surface area contributed by atoms with Gasteiger partial charge >= 0.3 is 0 Å². The van der Waals surface area contributed by atoms with Gasteiger partial charge in [-0.15, -0.1) is 0 Å². The van der Waals surface area contributed by atoms with Crippen molar-refractivity contribution in [1.29, 1.82) is 0 Å². The van der Waals surface area contributed by atoms with Gasteiger partial charge in [-0.2, -0.15) is 0 Å². The number of hydrogen-bond donors (Lipinski definition) is 5. The second-order valence-electron chi connectivity index (χ2n) is 12.9. The normalized spacial score (nSPS) is 47.3. The molecular weight excluding hydrogens is 420 g/mol. The zero-order chi connectivity index (χ0) is 24.6. The summed E-state index contributed by atoms with van der Waals surface area (Å²) >= 11 is 0. The van der Waals surface area contributed by atoms with Gasteiger partial charge in [0.05, 0.1) is 29.5 Å². The van der Waals surface area contributed by atoms with Gasteiger partial charge in [0.1, 0.15) is 0 Å². The van der Waals surface area contributed by atoms with Crippen molar-refractivity contribution in [2.45, 2.75) is 115 Å². The molecular formula is C27H44O6. The molecule has 0 saturated heterocycles. The van der Waals surface area contributed by atoms with E-state index < -0.39 is 40.3 Å². The lowest BCUT2D eigenvalue weighted by Crippen LogP contribution is -2.61. The summed E-state index contributed by atoms with van der Waals surface area (Å²) in [5.74, 6) is -0.264. The molecule has 188 valence electrons. The molecule has 10 atom stereocenters. The van der Waals surface area contributed by atoms with Gasteiger partial charge in [0, 0.05) is 11.3 Å². The standard InChI is InChI=1S/C27H44O6/c1-15(20(28)8-9-24(2,3)32)16-7-11-27(33)18-12-21(29)19-13-22(30)23(31)14-25(19,4)17(18)6-10-26(16,27)5/h12,15-17,19-20,22-23,28,30-33H,6-11,13-14H2,1-5H3/t15-,16+,17-,19?,20+,22+,23-,25+,26+,27+/m0/s1. The van der Waals surface area contributed by atoms with Crippen LogP contribution in [0.3, 0.4) is 0 Å². The summed E-state index contributed by atoms with van der Waals surface area (Å²) in [4.78, 5) is 13.2. The van der Waals surface area contributed by atoms with E-state index in [1.165, 1.54) is 0 Å². The van der Waals surface area contributed by atoms with Crippen molar-refractivity contribution >= 4 is 5.78 Å². The van der Waals surface area contributed by atoms with Crippen LogP contribution in [-0.4, -0.2) is 60.8 Å². The van der Waals surface area contributed by atoms with Gasteiger partial charge in [-0.1, -0.05) is 20.8 Å². The average Bonchev–Trinajstić information content (AvgIpc) is 2.99. The quantitative estimate of drug-likeness (QED) is 0.427. The highest BCUT2D eigenvalue weighted by molar-refractivity contribution is 5.95. The molecule has 6 heteroatoms. The van der Waals surface area contributed by atoms with Crippen molar-refractivity contribution in [3.8, 4) is 0 Å². The first-order valence-corrected chi connectivity index (χ1v) is 12.9. The number of aliphatic hydroxyl groups excluding tert-OH is 3. The van der Waals surface area contributed by atoms with Crippen molar-refractivity contribution in [3.05, 3.63) is 11.6 Å². The van der Waals surface area contributed by atoms with Crippen LogP contribution >= 0.6 is 0 Å². The molecule has 4 aliphatic rings. The fourth-order valence-electron chi connectivity index (χ4n) is 8.29. The third-order valence-corrected chi connectivity index (χ3v) is 10.5. The van der Waals surface area contributed by atoms with Crippen molar-refractivity contribution in [2.75, 3.05) is 0 Å². The molecule has 5 N–H and O–H groups in total. The Morgan fingerprint density at radius 3 is 2.42 bits per heavy atom. The van der Waals surface area contributed by atoms with Crippen LogP contribution in [0.15, 0.2) is 11.6 Å². The van der Waals surface area contributed by atoms with Gasteiger partial charge in [0.15, 0.2) is 5.78 Å². The molecule has 0 radical (unpaired) electrons. The van der Waals surface area contributed by atoms with Crippen molar-refractivity contribution < 1.29 is 30.3 Å². The topological polar surface area (TPSA) is 118 Å². The summed E-state index contributed by atoms with van der Waals surface area (Å²) in [5.41, 5.74) is -2.01. The number of ketones is 1. The van der Waals surface area contributed by atoms with Gasteiger partial charge in [-0.05, 0) is 100 Å². The van der Waals surface area contributed by atoms with Crippen molar-refractivity contribution in [2.24, 2.45) is 34.5 Å². The van der Waals surface area contributed by atoms with E-state index in [-0.39, 0.29) is 35.9 Å². The van der Waals surface area contributed by atoms with E-state index >= 15 is 0 Å². The Hall–Kier alpha value is -0.790. The Labute approximate surface area is 198 Å². The van der Waals surface area contributed by atoms with Crippen molar-refractivity contribution in [3.63, 3.8) is 0 Å². The number of fused-ring (bicyclic) bond motifs is 5. The van der Waals surface area contributed by atoms with E-state index in [1.807, 2.05) is 0 Å². The molecule has 4 aliphatic carbocycles. The van der Waals surface area contributed by atoms with Gasteiger partial charge in [0.2, 0.25) is 0 Å². The summed E-state index contributed by atoms with van der Waals surface area (Å²) < 4.78 is 0. The highest BCUT2D eigenvalue weighted by Gasteiger charge is 2.67. The first-order chi connectivity index (χ1) is 15.1. The van der Waals surface area contributed by atoms with Crippen LogP contribution in [-0.2, 0) is 4.79 Å². The maximum absolute atomic E-state index is 13.2. The fraction of sp³-hybridized carbons (Fsp3) is 0.889. The maximum Gasteiger partial charge on any atom is 0.159 e. The maximum atomic E-state index is 13.2. The van der Waals surface area contributed by atoms with E-state index in [2.05, 4.69) is 20.8 Å². The SMILES string of the molecule is C[C@H]([C@H](O)CCC(C)(C)O)[C@H]1CC[C@@]2(O)C3=CC(=O)C4C[C@@H](O)[C@@H](O)C[C@]4(C)[C@H]3CC[C@]12C. The number of hydrogen-bond acceptors (Lipinski definition) is 6. The molecule has 3 fully saturated rings. The third-order valence-electron chi connectivity index (χ3n) is 10.5. The zero-order valence-electron chi connectivity index (χ0n) is 20.9. The fourth-order valence-corrected chi connectivity index (χ4v) is 8.29. The summed E-state index contributed by atoms with van der Waals surface area (Å²) in [6.45, 7) is 9.74. The highest BCUT2D eigenvalue weighted by atomic mass is 16.3. The van der Waals surface area contributed by atoms with Crippen LogP contribution in [0.2, 0.25) is 0 Å². The summed E-state index contributed by atoms with van der Waals surface area (Å²) in [7, 11) is 0. The molecule has 0 spiro atoms. The molecule has 0 bridgehead atoms. The molecule has 0 amide bonds. The molecule has 1 unspecified atom stereocenters. The number of rotatable bonds is 5.